The molecule has 3 nitrogen and oxygen atoms in total. The first-order valence-corrected chi connectivity index (χ1v) is 2.99. The van der Waals surface area contributed by atoms with Crippen LogP contribution in [0.4, 0.5) is 0 Å². The molecule has 0 aliphatic rings. The number of carboxylic acids is 1. The van der Waals surface area contributed by atoms with E-state index in [4.69, 9.17) is 8.68 Å². The van der Waals surface area contributed by atoms with Crippen molar-refractivity contribution in [2.24, 2.45) is 0 Å². The summed E-state index contributed by atoms with van der Waals surface area (Å²) < 4.78 is 8.38. The molecule has 0 aliphatic heterocycles. The Labute approximate surface area is 51.7 Å². The van der Waals surface area contributed by atoms with Crippen LogP contribution in [0.2, 0.25) is 0 Å². The second kappa shape index (κ2) is 9.31. The Bertz CT molecular complexity index is 54.1. The molecule has 0 radical (unpaired) electrons. The molecule has 4 heteroatoms. The van der Waals surface area contributed by atoms with Gasteiger partial charge in [-0.15, -0.1) is 0 Å². The van der Waals surface area contributed by atoms with Crippen LogP contribution in [0.25, 0.3) is 0 Å². The molecule has 0 saturated carbocycles. The molecule has 38 valence electrons. The van der Waals surface area contributed by atoms with Crippen molar-refractivity contribution in [2.45, 2.75) is 13.3 Å². The third-order valence-corrected chi connectivity index (χ3v) is 0.302. The first-order chi connectivity index (χ1) is 3.27. The summed E-state index contributed by atoms with van der Waals surface area (Å²) in [5, 5.41) is 7.72. The van der Waals surface area contributed by atoms with Crippen molar-refractivity contribution >= 4 is 5.97 Å². The monoisotopic (exact) mass is 154 g/mol. The third kappa shape index (κ3) is 24.9. The van der Waals surface area contributed by atoms with Crippen LogP contribution in [0, 0.1) is 0 Å². The zero-order valence-electron chi connectivity index (χ0n) is 4.18. The van der Waals surface area contributed by atoms with Crippen LogP contribution in [0.3, 0.4) is 0 Å². The van der Waals surface area contributed by atoms with Crippen LogP contribution in [0.15, 0.2) is 0 Å². The van der Waals surface area contributed by atoms with Crippen molar-refractivity contribution in [1.82, 2.24) is 0 Å². The number of hydrogen-bond acceptors (Lipinski definition) is 2. The van der Waals surface area contributed by atoms with E-state index >= 15 is 0 Å². The molecule has 0 amide bonds. The summed E-state index contributed by atoms with van der Waals surface area (Å²) in [5.74, 6) is -0.745. The van der Waals surface area contributed by atoms with E-state index in [0.717, 1.165) is 0 Å². The van der Waals surface area contributed by atoms with E-state index in [1.165, 1.54) is 0 Å². The predicted octanol–water partition coefficient (Wildman–Crippen LogP) is 0.360. The van der Waals surface area contributed by atoms with E-state index in [-0.39, 0.29) is 24.7 Å². The summed E-state index contributed by atoms with van der Waals surface area (Å²) in [6.45, 7) is 1.60. The fraction of sp³-hybridized carbons (Fsp3) is 0.667. The molecule has 1 N–H and O–H groups in total. The zero-order chi connectivity index (χ0) is 6.28. The topological polar surface area (TPSA) is 54.4 Å². The molecule has 0 heterocycles. The Morgan fingerprint density at radius 1 is 1.71 bits per heavy atom. The van der Waals surface area contributed by atoms with Gasteiger partial charge in [0.25, 0.3) is 0 Å². The van der Waals surface area contributed by atoms with E-state index in [1.807, 2.05) is 0 Å². The summed E-state index contributed by atoms with van der Waals surface area (Å²) >= 11 is 0.125. The number of carboxylic acid groups (broad SMARTS) is 1. The molecule has 7 heavy (non-hydrogen) atoms. The second-order valence-corrected chi connectivity index (χ2v) is 0.747. The van der Waals surface area contributed by atoms with Gasteiger partial charge in [-0.25, -0.2) is 0 Å². The Morgan fingerprint density at radius 2 is 1.86 bits per heavy atom. The Balaban J connectivity index is 0. The van der Waals surface area contributed by atoms with Gasteiger partial charge in [-0.2, -0.15) is 0 Å². The van der Waals surface area contributed by atoms with E-state index in [1.54, 1.807) is 6.92 Å². The van der Waals surface area contributed by atoms with Gasteiger partial charge in [0, 0.05) is 6.42 Å². The van der Waals surface area contributed by atoms with Crippen LogP contribution in [0.1, 0.15) is 13.3 Å². The minimum absolute atomic E-state index is 0.125. The summed E-state index contributed by atoms with van der Waals surface area (Å²) in [5.41, 5.74) is 0. The quantitative estimate of drug-likeness (QED) is 0.556. The van der Waals surface area contributed by atoms with Crippen molar-refractivity contribution in [2.75, 3.05) is 0 Å². The SMILES string of the molecule is CCC(=O)O.[O]=[Zn]. The molecule has 0 unspecified atom stereocenters. The summed E-state index contributed by atoms with van der Waals surface area (Å²) in [6.07, 6.45) is 0.222. The molecule has 0 saturated heterocycles. The summed E-state index contributed by atoms with van der Waals surface area (Å²) in [6, 6.07) is 0. The van der Waals surface area contributed by atoms with Gasteiger partial charge in [0.1, 0.15) is 0 Å². The van der Waals surface area contributed by atoms with E-state index in [9.17, 15) is 4.79 Å². The van der Waals surface area contributed by atoms with Crippen molar-refractivity contribution in [1.29, 1.82) is 0 Å². The number of carbonyl (C=O) groups is 1. The molecular formula is C3H6O3Zn. The van der Waals surface area contributed by atoms with Crippen LogP contribution in [-0.2, 0) is 26.6 Å². The van der Waals surface area contributed by atoms with Gasteiger partial charge in [0.2, 0.25) is 0 Å². The van der Waals surface area contributed by atoms with Crippen molar-refractivity contribution in [3.05, 3.63) is 0 Å². The van der Waals surface area contributed by atoms with Gasteiger partial charge in [0.05, 0.1) is 0 Å². The van der Waals surface area contributed by atoms with Crippen molar-refractivity contribution < 1.29 is 31.7 Å². The average molecular weight is 155 g/mol. The van der Waals surface area contributed by atoms with Gasteiger partial charge in [0.15, 0.2) is 0 Å². The van der Waals surface area contributed by atoms with Gasteiger partial charge in [-0.05, 0) is 0 Å². The van der Waals surface area contributed by atoms with E-state index in [0.29, 0.717) is 0 Å². The molecule has 0 atom stereocenters. The molecule has 0 aromatic rings. The molecule has 0 rings (SSSR count). The van der Waals surface area contributed by atoms with Gasteiger partial charge in [-0.3, -0.25) is 4.79 Å². The normalized spacial score (nSPS) is 6.14. The maximum atomic E-state index is 9.37. The van der Waals surface area contributed by atoms with Crippen LogP contribution >= 0.6 is 0 Å². The summed E-state index contributed by atoms with van der Waals surface area (Å²) in [7, 11) is 0. The molecule has 0 aliphatic carbocycles. The van der Waals surface area contributed by atoms with Gasteiger partial charge >= 0.3 is 27.8 Å². The van der Waals surface area contributed by atoms with Crippen LogP contribution < -0.4 is 0 Å². The molecule has 0 spiro atoms. The first kappa shape index (κ1) is 10.00. The number of hydrogen-bond donors (Lipinski definition) is 1. The Kier molecular flexibility index (Phi) is 13.3. The van der Waals surface area contributed by atoms with E-state index in [2.05, 4.69) is 0 Å². The number of aliphatic carboxylic acids is 1. The fourth-order valence-electron chi connectivity index (χ4n) is 0. The molecule has 0 aromatic heterocycles. The Morgan fingerprint density at radius 3 is 1.86 bits per heavy atom. The maximum absolute atomic E-state index is 9.37. The van der Waals surface area contributed by atoms with E-state index < -0.39 is 5.97 Å². The third-order valence-electron chi connectivity index (χ3n) is 0.302. The number of rotatable bonds is 1. The zero-order valence-corrected chi connectivity index (χ0v) is 7.15. The minimum atomic E-state index is -0.745. The van der Waals surface area contributed by atoms with Crippen molar-refractivity contribution in [3.8, 4) is 0 Å². The molecule has 0 aromatic carbocycles. The van der Waals surface area contributed by atoms with Gasteiger partial charge in [-0.1, -0.05) is 6.92 Å². The molecular weight excluding hydrogens is 149 g/mol. The predicted molar refractivity (Wildman–Crippen MR) is 18.6 cm³/mol. The second-order valence-electron chi connectivity index (χ2n) is 0.747. The van der Waals surface area contributed by atoms with Crippen LogP contribution in [0.5, 0.6) is 0 Å². The summed E-state index contributed by atoms with van der Waals surface area (Å²) in [4.78, 5) is 9.37. The molecule has 0 bridgehead atoms. The van der Waals surface area contributed by atoms with Crippen LogP contribution in [-0.4, -0.2) is 11.1 Å². The Hall–Kier alpha value is -0.107. The van der Waals surface area contributed by atoms with Crippen molar-refractivity contribution in [3.63, 3.8) is 0 Å². The average Bonchev–Trinajstić information content (AvgIpc) is 1.73. The molecule has 0 fully saturated rings. The first-order valence-electron chi connectivity index (χ1n) is 1.78. The fourth-order valence-corrected chi connectivity index (χ4v) is 0. The van der Waals surface area contributed by atoms with Gasteiger partial charge < -0.3 is 5.11 Å². The standard InChI is InChI=1S/C3H6O2.O.Zn/c1-2-3(4)5;;/h2H2,1H3,(H,4,5);;.